The third kappa shape index (κ3) is 0.799. The number of sulfone groups is 1. The molecule has 78 valence electrons. The van der Waals surface area contributed by atoms with E-state index in [1.165, 1.54) is 5.56 Å². The van der Waals surface area contributed by atoms with E-state index in [1.54, 1.807) is 0 Å². The van der Waals surface area contributed by atoms with Crippen molar-refractivity contribution < 1.29 is 13.2 Å². The van der Waals surface area contributed by atoms with Gasteiger partial charge in [0.2, 0.25) is 0 Å². The summed E-state index contributed by atoms with van der Waals surface area (Å²) in [5.74, 6) is 0.530. The maximum atomic E-state index is 11.6. The van der Waals surface area contributed by atoms with Crippen molar-refractivity contribution in [3.63, 3.8) is 0 Å². The highest BCUT2D eigenvalue weighted by atomic mass is 32.2. The molecule has 3 heterocycles. The minimum atomic E-state index is -2.86. The molecule has 0 radical (unpaired) electrons. The van der Waals surface area contributed by atoms with Crippen LogP contribution < -0.4 is 0 Å². The van der Waals surface area contributed by atoms with Crippen LogP contribution in [0.2, 0.25) is 0 Å². The van der Waals surface area contributed by atoms with Gasteiger partial charge in [-0.2, -0.15) is 0 Å². The van der Waals surface area contributed by atoms with Gasteiger partial charge in [0.15, 0.2) is 9.84 Å². The third-order valence-corrected chi connectivity index (χ3v) is 6.13. The van der Waals surface area contributed by atoms with E-state index in [9.17, 15) is 8.42 Å². The number of hydrogen-bond acceptors (Lipinski definition) is 3. The average Bonchev–Trinajstić information content (AvgIpc) is 2.70. The van der Waals surface area contributed by atoms with Gasteiger partial charge < -0.3 is 4.74 Å². The maximum absolute atomic E-state index is 11.6. The molecule has 2 saturated heterocycles. The summed E-state index contributed by atoms with van der Waals surface area (Å²) in [6, 6.07) is 7.99. The van der Waals surface area contributed by atoms with E-state index in [2.05, 4.69) is 6.07 Å². The zero-order chi connectivity index (χ0) is 10.2. The van der Waals surface area contributed by atoms with E-state index in [4.69, 9.17) is 4.74 Å². The van der Waals surface area contributed by atoms with Crippen molar-refractivity contribution >= 4 is 9.84 Å². The van der Waals surface area contributed by atoms with Gasteiger partial charge in [-0.05, 0) is 11.1 Å². The van der Waals surface area contributed by atoms with Crippen molar-refractivity contribution in [2.75, 3.05) is 5.75 Å². The molecule has 0 aromatic heterocycles. The van der Waals surface area contributed by atoms with Gasteiger partial charge in [0.25, 0.3) is 0 Å². The Morgan fingerprint density at radius 1 is 1.13 bits per heavy atom. The lowest BCUT2D eigenvalue weighted by Crippen LogP contribution is -2.49. The SMILES string of the molecule is O=S1(=O)C[C@@H]2C3OC(c4ccccc43)[C@@H]21. The van der Waals surface area contributed by atoms with Crippen molar-refractivity contribution in [1.29, 1.82) is 0 Å². The third-order valence-electron chi connectivity index (χ3n) is 3.85. The lowest BCUT2D eigenvalue weighted by Gasteiger charge is -2.37. The molecule has 3 aliphatic heterocycles. The minimum absolute atomic E-state index is 0.0414. The molecule has 2 unspecified atom stereocenters. The second-order valence-electron chi connectivity index (χ2n) is 4.56. The Bertz CT molecular complexity index is 549. The van der Waals surface area contributed by atoms with E-state index < -0.39 is 9.84 Å². The molecule has 1 aromatic carbocycles. The van der Waals surface area contributed by atoms with E-state index in [-0.39, 0.29) is 23.4 Å². The highest BCUT2D eigenvalue weighted by molar-refractivity contribution is 7.93. The second-order valence-corrected chi connectivity index (χ2v) is 6.77. The first-order valence-electron chi connectivity index (χ1n) is 5.14. The molecule has 4 atom stereocenters. The smallest absolute Gasteiger partial charge is 0.156 e. The minimum Gasteiger partial charge on any atom is -0.364 e. The Labute approximate surface area is 88.0 Å². The predicted octanol–water partition coefficient (Wildman–Crippen LogP) is 1.23. The summed E-state index contributed by atoms with van der Waals surface area (Å²) >= 11 is 0. The Morgan fingerprint density at radius 2 is 1.80 bits per heavy atom. The van der Waals surface area contributed by atoms with Crippen LogP contribution in [0.25, 0.3) is 0 Å². The molecule has 0 amide bonds. The van der Waals surface area contributed by atoms with Crippen LogP contribution in [-0.2, 0) is 14.6 Å². The molecular weight excluding hydrogens is 212 g/mol. The van der Waals surface area contributed by atoms with E-state index in [0.717, 1.165) is 5.56 Å². The molecule has 0 spiro atoms. The molecule has 2 bridgehead atoms. The molecule has 3 aliphatic rings. The van der Waals surface area contributed by atoms with E-state index in [1.807, 2.05) is 18.2 Å². The molecule has 0 saturated carbocycles. The molecule has 0 aliphatic carbocycles. The van der Waals surface area contributed by atoms with Crippen LogP contribution >= 0.6 is 0 Å². The van der Waals surface area contributed by atoms with Gasteiger partial charge in [0.1, 0.15) is 6.10 Å². The molecular formula is C11H10O3S. The number of hydrogen-bond donors (Lipinski definition) is 0. The molecule has 4 heteroatoms. The molecule has 15 heavy (non-hydrogen) atoms. The van der Waals surface area contributed by atoms with Crippen LogP contribution in [0.1, 0.15) is 23.3 Å². The Hall–Kier alpha value is -0.870. The summed E-state index contributed by atoms with van der Waals surface area (Å²) in [5, 5.41) is -0.252. The number of rotatable bonds is 0. The van der Waals surface area contributed by atoms with Gasteiger partial charge in [-0.1, -0.05) is 24.3 Å². The fourth-order valence-corrected chi connectivity index (χ4v) is 5.35. The lowest BCUT2D eigenvalue weighted by atomic mass is 9.84. The van der Waals surface area contributed by atoms with Gasteiger partial charge in [-0.25, -0.2) is 8.42 Å². The van der Waals surface area contributed by atoms with Crippen LogP contribution in [0.15, 0.2) is 24.3 Å². The van der Waals surface area contributed by atoms with Gasteiger partial charge in [0, 0.05) is 5.92 Å². The second kappa shape index (κ2) is 2.28. The fourth-order valence-electron chi connectivity index (χ4n) is 3.21. The first kappa shape index (κ1) is 8.30. The largest absolute Gasteiger partial charge is 0.364 e. The van der Waals surface area contributed by atoms with Gasteiger partial charge in [-0.3, -0.25) is 0 Å². The topological polar surface area (TPSA) is 43.4 Å². The zero-order valence-electron chi connectivity index (χ0n) is 7.96. The highest BCUT2D eigenvalue weighted by Crippen LogP contribution is 2.60. The Kier molecular flexibility index (Phi) is 1.26. The molecule has 4 rings (SSSR count). The van der Waals surface area contributed by atoms with Crippen molar-refractivity contribution in [3.05, 3.63) is 35.4 Å². The average molecular weight is 222 g/mol. The monoisotopic (exact) mass is 222 g/mol. The highest BCUT2D eigenvalue weighted by Gasteiger charge is 2.64. The number of benzene rings is 1. The standard InChI is InChI=1S/C11H10O3S/c12-15(13)5-8-9-6-3-1-2-4-7(6)10(14-9)11(8)15/h1-4,8-11H,5H2/t8-,9?,10?,11-/m1/s1. The van der Waals surface area contributed by atoms with Crippen molar-refractivity contribution in [2.45, 2.75) is 17.5 Å². The number of ether oxygens (including phenoxy) is 1. The van der Waals surface area contributed by atoms with Crippen LogP contribution in [-0.4, -0.2) is 19.4 Å². The van der Waals surface area contributed by atoms with Gasteiger partial charge >= 0.3 is 0 Å². The molecule has 0 N–H and O–H groups in total. The van der Waals surface area contributed by atoms with E-state index >= 15 is 0 Å². The maximum Gasteiger partial charge on any atom is 0.156 e. The van der Waals surface area contributed by atoms with Gasteiger partial charge in [-0.15, -0.1) is 0 Å². The number of fused-ring (bicyclic) bond motifs is 8. The first-order chi connectivity index (χ1) is 7.18. The Morgan fingerprint density at radius 3 is 2.47 bits per heavy atom. The molecule has 2 fully saturated rings. The fraction of sp³-hybridized carbons (Fsp3) is 0.455. The van der Waals surface area contributed by atoms with Crippen LogP contribution in [0, 0.1) is 5.92 Å². The lowest BCUT2D eigenvalue weighted by molar-refractivity contribution is 0.0646. The molecule has 1 aromatic rings. The summed E-state index contributed by atoms with van der Waals surface area (Å²) < 4.78 is 29.0. The first-order valence-corrected chi connectivity index (χ1v) is 6.86. The van der Waals surface area contributed by atoms with Crippen LogP contribution in [0.3, 0.4) is 0 Å². The summed E-state index contributed by atoms with van der Waals surface area (Å²) in [7, 11) is -2.86. The summed E-state index contributed by atoms with van der Waals surface area (Å²) in [4.78, 5) is 0. The molecule has 3 nitrogen and oxygen atoms in total. The van der Waals surface area contributed by atoms with Gasteiger partial charge in [0.05, 0.1) is 17.1 Å². The summed E-state index contributed by atoms with van der Waals surface area (Å²) in [5.41, 5.74) is 2.30. The van der Waals surface area contributed by atoms with Crippen molar-refractivity contribution in [3.8, 4) is 0 Å². The van der Waals surface area contributed by atoms with Crippen LogP contribution in [0.4, 0.5) is 0 Å². The predicted molar refractivity (Wildman–Crippen MR) is 54.1 cm³/mol. The summed E-state index contributed by atoms with van der Waals surface area (Å²) in [6.07, 6.45) is -0.144. The zero-order valence-corrected chi connectivity index (χ0v) is 8.78. The van der Waals surface area contributed by atoms with Crippen molar-refractivity contribution in [1.82, 2.24) is 0 Å². The van der Waals surface area contributed by atoms with Crippen molar-refractivity contribution in [2.24, 2.45) is 5.92 Å². The van der Waals surface area contributed by atoms with Crippen LogP contribution in [0.5, 0.6) is 0 Å². The quantitative estimate of drug-likeness (QED) is 0.663. The van der Waals surface area contributed by atoms with E-state index in [0.29, 0.717) is 5.75 Å². The Balaban J connectivity index is 1.93. The normalized spacial score (nSPS) is 43.2. The summed E-state index contributed by atoms with van der Waals surface area (Å²) in [6.45, 7) is 0.